The molecule has 29 heavy (non-hydrogen) atoms. The second-order valence-electron chi connectivity index (χ2n) is 8.71. The smallest absolute Gasteiger partial charge is 0.173 e. The van der Waals surface area contributed by atoms with Crippen LogP contribution < -0.4 is 0 Å². The predicted octanol–water partition coefficient (Wildman–Crippen LogP) is 3.90. The average Bonchev–Trinajstić information content (AvgIpc) is 3.25. The van der Waals surface area contributed by atoms with Crippen LogP contribution in [0, 0.1) is 11.6 Å². The first-order valence-electron chi connectivity index (χ1n) is 9.94. The van der Waals surface area contributed by atoms with Gasteiger partial charge >= 0.3 is 0 Å². The van der Waals surface area contributed by atoms with Gasteiger partial charge in [-0.05, 0) is 56.6 Å². The van der Waals surface area contributed by atoms with E-state index in [-0.39, 0.29) is 11.2 Å². The normalized spacial score (nSPS) is 24.3. The molecule has 2 aliphatic heterocycles. The third-order valence-electron chi connectivity index (χ3n) is 6.88. The molecule has 7 heteroatoms. The molecule has 1 saturated carbocycles. The molecule has 0 radical (unpaired) electrons. The van der Waals surface area contributed by atoms with Gasteiger partial charge in [0.05, 0.1) is 5.69 Å². The van der Waals surface area contributed by atoms with E-state index >= 15 is 0 Å². The van der Waals surface area contributed by atoms with Crippen LogP contribution in [0.5, 0.6) is 0 Å². The number of fused-ring (bicyclic) bond motifs is 4. The van der Waals surface area contributed by atoms with Crippen LogP contribution in [0.1, 0.15) is 25.0 Å². The van der Waals surface area contributed by atoms with Crippen LogP contribution in [0.3, 0.4) is 0 Å². The number of piperidine rings is 2. The Morgan fingerprint density at radius 3 is 2.55 bits per heavy atom. The summed E-state index contributed by atoms with van der Waals surface area (Å²) in [4.78, 5) is 7.06. The molecule has 0 amide bonds. The van der Waals surface area contributed by atoms with Crippen molar-refractivity contribution >= 4 is 16.6 Å². The molecule has 3 aromatic heterocycles. The second kappa shape index (κ2) is 5.63. The van der Waals surface area contributed by atoms with E-state index in [9.17, 15) is 8.78 Å². The van der Waals surface area contributed by atoms with Crippen molar-refractivity contribution in [2.75, 3.05) is 13.6 Å². The van der Waals surface area contributed by atoms with E-state index < -0.39 is 5.82 Å². The summed E-state index contributed by atoms with van der Waals surface area (Å²) in [6.45, 7) is 1.05. The second-order valence-corrected chi connectivity index (χ2v) is 8.71. The number of imidazole rings is 1. The molecule has 3 aliphatic rings. The summed E-state index contributed by atoms with van der Waals surface area (Å²) >= 11 is 0. The molecule has 0 unspecified atom stereocenters. The Morgan fingerprint density at radius 2 is 1.79 bits per heavy atom. The number of aromatic nitrogens is 4. The lowest BCUT2D eigenvalue weighted by atomic mass is 9.59. The number of nitrogens with zero attached hydrogens (tertiary/aromatic N) is 5. The first-order valence-corrected chi connectivity index (χ1v) is 9.94. The molecule has 0 atom stereocenters. The lowest BCUT2D eigenvalue weighted by Gasteiger charge is -2.56. The number of benzene rings is 1. The van der Waals surface area contributed by atoms with E-state index in [4.69, 9.17) is 0 Å². The lowest BCUT2D eigenvalue weighted by Crippen LogP contribution is -2.58. The van der Waals surface area contributed by atoms with Crippen molar-refractivity contribution in [2.45, 2.75) is 30.7 Å². The zero-order valence-corrected chi connectivity index (χ0v) is 16.4. The van der Waals surface area contributed by atoms with E-state index in [1.54, 1.807) is 22.3 Å². The summed E-state index contributed by atoms with van der Waals surface area (Å²) < 4.78 is 32.8. The van der Waals surface area contributed by atoms with E-state index in [0.717, 1.165) is 31.5 Å². The Kier molecular flexibility index (Phi) is 3.32. The molecule has 7 rings (SSSR count). The number of halogens is 2. The molecule has 1 aliphatic carbocycles. The van der Waals surface area contributed by atoms with Crippen LogP contribution in [0.25, 0.3) is 27.7 Å². The lowest BCUT2D eigenvalue weighted by molar-refractivity contribution is 0.00231. The molecule has 2 bridgehead atoms. The highest BCUT2D eigenvalue weighted by Gasteiger charge is 2.51. The van der Waals surface area contributed by atoms with E-state index in [1.807, 2.05) is 18.5 Å². The number of pyridine rings is 1. The largest absolute Gasteiger partial charge is 0.304 e. The Labute approximate surface area is 166 Å². The van der Waals surface area contributed by atoms with Crippen molar-refractivity contribution in [2.24, 2.45) is 7.05 Å². The van der Waals surface area contributed by atoms with E-state index in [0.29, 0.717) is 33.7 Å². The Morgan fingerprint density at radius 1 is 1.00 bits per heavy atom. The minimum Gasteiger partial charge on any atom is -0.304 e. The topological polar surface area (TPSA) is 38.4 Å². The number of aryl methyl sites for hydroxylation is 1. The fourth-order valence-electron chi connectivity index (χ4n) is 5.12. The SMILES string of the molecule is CN1CCC2(c3cn4cc(-c5cc(F)c6nn(C)cc6c5)cc(F)c4n3)CC1C2. The van der Waals surface area contributed by atoms with Gasteiger partial charge in [0, 0.05) is 48.0 Å². The summed E-state index contributed by atoms with van der Waals surface area (Å²) in [5.41, 5.74) is 2.96. The molecular weight excluding hydrogens is 372 g/mol. The van der Waals surface area contributed by atoms with Crippen LogP contribution in [-0.4, -0.2) is 43.7 Å². The highest BCUT2D eigenvalue weighted by atomic mass is 19.1. The van der Waals surface area contributed by atoms with Gasteiger partial charge in [0.1, 0.15) is 5.52 Å². The summed E-state index contributed by atoms with van der Waals surface area (Å²) in [5.74, 6) is -0.795. The third-order valence-corrected chi connectivity index (χ3v) is 6.88. The zero-order chi connectivity index (χ0) is 19.9. The van der Waals surface area contributed by atoms with Gasteiger partial charge in [0.2, 0.25) is 0 Å². The minimum atomic E-state index is -0.407. The molecule has 5 nitrogen and oxygen atoms in total. The van der Waals surface area contributed by atoms with Crippen LogP contribution in [0.4, 0.5) is 8.78 Å². The molecule has 3 fully saturated rings. The van der Waals surface area contributed by atoms with Crippen molar-refractivity contribution in [1.82, 2.24) is 24.1 Å². The summed E-state index contributed by atoms with van der Waals surface area (Å²) in [6.07, 6.45) is 8.80. The van der Waals surface area contributed by atoms with Crippen molar-refractivity contribution < 1.29 is 8.78 Å². The van der Waals surface area contributed by atoms with Crippen molar-refractivity contribution in [3.8, 4) is 11.1 Å². The highest BCUT2D eigenvalue weighted by molar-refractivity contribution is 5.84. The fraction of sp³-hybridized carbons (Fsp3) is 0.364. The van der Waals surface area contributed by atoms with Crippen LogP contribution in [-0.2, 0) is 12.5 Å². The average molecular weight is 393 g/mol. The quantitative estimate of drug-likeness (QED) is 0.518. The fourth-order valence-corrected chi connectivity index (χ4v) is 5.12. The zero-order valence-electron chi connectivity index (χ0n) is 16.4. The number of hydrogen-bond acceptors (Lipinski definition) is 3. The molecule has 2 saturated heterocycles. The van der Waals surface area contributed by atoms with Crippen molar-refractivity contribution in [1.29, 1.82) is 0 Å². The molecule has 0 N–H and O–H groups in total. The maximum Gasteiger partial charge on any atom is 0.173 e. The standard InChI is InChI=1S/C22H21F2N5/c1-27-4-3-22(8-16(27)9-22)19-12-29-11-14(7-18(24)21(29)25-19)13-5-15-10-28(2)26-20(15)17(23)6-13/h5-7,10-12,16H,3-4,8-9H2,1-2H3. The van der Waals surface area contributed by atoms with Gasteiger partial charge in [-0.1, -0.05) is 0 Å². The molecule has 4 aromatic rings. The van der Waals surface area contributed by atoms with Crippen molar-refractivity contribution in [3.05, 3.63) is 54.1 Å². The molecule has 5 heterocycles. The van der Waals surface area contributed by atoms with Crippen LogP contribution in [0.2, 0.25) is 0 Å². The third kappa shape index (κ3) is 2.40. The van der Waals surface area contributed by atoms with Gasteiger partial charge in [0.15, 0.2) is 17.3 Å². The van der Waals surface area contributed by atoms with E-state index in [1.165, 1.54) is 12.1 Å². The molecule has 148 valence electrons. The number of rotatable bonds is 2. The summed E-state index contributed by atoms with van der Waals surface area (Å²) in [5, 5.41) is 4.83. The first kappa shape index (κ1) is 17.1. The monoisotopic (exact) mass is 393 g/mol. The van der Waals surface area contributed by atoms with Gasteiger partial charge in [-0.3, -0.25) is 4.68 Å². The van der Waals surface area contributed by atoms with Gasteiger partial charge in [-0.15, -0.1) is 0 Å². The van der Waals surface area contributed by atoms with E-state index in [2.05, 4.69) is 22.0 Å². The number of hydrogen-bond donors (Lipinski definition) is 0. The predicted molar refractivity (Wildman–Crippen MR) is 107 cm³/mol. The maximum absolute atomic E-state index is 14.9. The summed E-state index contributed by atoms with van der Waals surface area (Å²) in [7, 11) is 3.92. The van der Waals surface area contributed by atoms with Crippen LogP contribution in [0.15, 0.2) is 36.8 Å². The van der Waals surface area contributed by atoms with Gasteiger partial charge in [0.25, 0.3) is 0 Å². The van der Waals surface area contributed by atoms with Gasteiger partial charge in [-0.25, -0.2) is 13.8 Å². The Balaban J connectivity index is 1.45. The van der Waals surface area contributed by atoms with Crippen molar-refractivity contribution in [3.63, 3.8) is 0 Å². The molecular formula is C22H21F2N5. The Bertz CT molecular complexity index is 1280. The Hall–Kier alpha value is -2.80. The minimum absolute atomic E-state index is 0.0799. The molecule has 0 spiro atoms. The summed E-state index contributed by atoms with van der Waals surface area (Å²) in [6, 6.07) is 5.32. The van der Waals surface area contributed by atoms with Gasteiger partial charge in [-0.2, -0.15) is 5.10 Å². The van der Waals surface area contributed by atoms with Crippen LogP contribution >= 0.6 is 0 Å². The maximum atomic E-state index is 14.9. The molecule has 1 aromatic carbocycles. The highest BCUT2D eigenvalue weighted by Crippen LogP contribution is 2.51. The van der Waals surface area contributed by atoms with Gasteiger partial charge < -0.3 is 9.30 Å². The first-order chi connectivity index (χ1) is 13.9.